The molecule has 1 unspecified atom stereocenters. The third-order valence-corrected chi connectivity index (χ3v) is 7.08. The monoisotopic (exact) mass is 414 g/mol. The lowest BCUT2D eigenvalue weighted by Gasteiger charge is -2.39. The smallest absolute Gasteiger partial charge is 0.356 e. The van der Waals surface area contributed by atoms with E-state index in [0.29, 0.717) is 6.61 Å². The number of ether oxygens (including phenoxy) is 1. The molecule has 1 saturated heterocycles. The van der Waals surface area contributed by atoms with Gasteiger partial charge < -0.3 is 24.3 Å². The van der Waals surface area contributed by atoms with Crippen molar-refractivity contribution in [3.8, 4) is 0 Å². The Balaban J connectivity index is 1.75. The Hall–Kier alpha value is -2.11. The molecular formula is C22H27N2O4P. The molecule has 154 valence electrons. The highest BCUT2D eigenvalue weighted by molar-refractivity contribution is 7.60. The third-order valence-electron chi connectivity index (χ3n) is 6.13. The quantitative estimate of drug-likeness (QED) is 0.749. The summed E-state index contributed by atoms with van der Waals surface area (Å²) in [6.45, 7) is 5.47. The molecule has 0 radical (unpaired) electrons. The van der Waals surface area contributed by atoms with Crippen molar-refractivity contribution in [1.29, 1.82) is 0 Å². The predicted molar refractivity (Wildman–Crippen MR) is 117 cm³/mol. The van der Waals surface area contributed by atoms with Crippen molar-refractivity contribution in [2.45, 2.75) is 25.0 Å². The van der Waals surface area contributed by atoms with Gasteiger partial charge in [-0.2, -0.15) is 0 Å². The normalized spacial score (nSPS) is 22.8. The zero-order valence-corrected chi connectivity index (χ0v) is 18.1. The van der Waals surface area contributed by atoms with Crippen LogP contribution in [0.5, 0.6) is 0 Å². The highest BCUT2D eigenvalue weighted by atomic mass is 31.2. The largest absolute Gasteiger partial charge is 0.378 e. The minimum absolute atomic E-state index is 0.0453. The highest BCUT2D eigenvalue weighted by Gasteiger charge is 2.59. The summed E-state index contributed by atoms with van der Waals surface area (Å²) in [4.78, 5) is 23.5. The van der Waals surface area contributed by atoms with E-state index in [1.807, 2.05) is 20.2 Å². The summed E-state index contributed by atoms with van der Waals surface area (Å²) in [5, 5.41) is 0.0453. The molecule has 1 atom stereocenters. The minimum Gasteiger partial charge on any atom is -0.378 e. The van der Waals surface area contributed by atoms with E-state index < -0.39 is 18.7 Å². The topological polar surface area (TPSA) is 73.2 Å². The zero-order chi connectivity index (χ0) is 21.0. The lowest BCUT2D eigenvalue weighted by Crippen LogP contribution is -2.51. The summed E-state index contributed by atoms with van der Waals surface area (Å²) in [6, 6.07) is 13.3. The molecule has 2 aromatic carbocycles. The minimum atomic E-state index is -4.32. The maximum absolute atomic E-state index is 11.8. The van der Waals surface area contributed by atoms with Gasteiger partial charge in [-0.25, -0.2) is 0 Å². The van der Waals surface area contributed by atoms with Crippen molar-refractivity contribution in [1.82, 2.24) is 0 Å². The molecular weight excluding hydrogens is 387 g/mol. The van der Waals surface area contributed by atoms with Gasteiger partial charge >= 0.3 is 7.60 Å². The van der Waals surface area contributed by atoms with Crippen LogP contribution in [0.4, 0.5) is 11.4 Å². The Kier molecular flexibility index (Phi) is 4.67. The van der Waals surface area contributed by atoms with Gasteiger partial charge in [0.05, 0.1) is 11.9 Å². The van der Waals surface area contributed by atoms with E-state index in [2.05, 4.69) is 60.1 Å². The second-order valence-electron chi connectivity index (χ2n) is 8.39. The average Bonchev–Trinajstić information content (AvgIpc) is 3.17. The second kappa shape index (κ2) is 6.71. The Morgan fingerprint density at radius 1 is 1.14 bits per heavy atom. The van der Waals surface area contributed by atoms with Crippen LogP contribution in [0.1, 0.15) is 25.0 Å². The fourth-order valence-electron chi connectivity index (χ4n) is 4.43. The Labute approximate surface area is 171 Å². The van der Waals surface area contributed by atoms with Crippen LogP contribution in [-0.2, 0) is 14.7 Å². The molecule has 0 saturated carbocycles. The lowest BCUT2D eigenvalue weighted by atomic mass is 9.77. The number of anilines is 2. The van der Waals surface area contributed by atoms with E-state index in [-0.39, 0.29) is 5.30 Å². The van der Waals surface area contributed by atoms with Crippen LogP contribution in [0.3, 0.4) is 0 Å². The van der Waals surface area contributed by atoms with Gasteiger partial charge in [-0.1, -0.05) is 32.1 Å². The number of rotatable bonds is 4. The van der Waals surface area contributed by atoms with Crippen molar-refractivity contribution in [2.24, 2.45) is 0 Å². The van der Waals surface area contributed by atoms with E-state index in [1.165, 1.54) is 6.07 Å². The molecule has 2 heterocycles. The van der Waals surface area contributed by atoms with Gasteiger partial charge in [-0.3, -0.25) is 4.57 Å². The molecule has 2 aromatic rings. The summed E-state index contributed by atoms with van der Waals surface area (Å²) in [6.07, 6.45) is 4.15. The summed E-state index contributed by atoms with van der Waals surface area (Å²) >= 11 is 0. The first-order chi connectivity index (χ1) is 13.6. The van der Waals surface area contributed by atoms with E-state index in [1.54, 1.807) is 6.07 Å². The molecule has 0 spiro atoms. The molecule has 0 aliphatic carbocycles. The van der Waals surface area contributed by atoms with Gasteiger partial charge in [0.15, 0.2) is 5.72 Å². The van der Waals surface area contributed by atoms with Crippen LogP contribution < -0.4 is 15.1 Å². The summed E-state index contributed by atoms with van der Waals surface area (Å²) < 4.78 is 18.1. The fourth-order valence-corrected chi connectivity index (χ4v) is 4.99. The average molecular weight is 414 g/mol. The molecule has 2 N–H and O–H groups in total. The first kappa shape index (κ1) is 20.2. The first-order valence-electron chi connectivity index (χ1n) is 9.65. The van der Waals surface area contributed by atoms with Crippen molar-refractivity contribution >= 4 is 30.4 Å². The summed E-state index contributed by atoms with van der Waals surface area (Å²) in [5.41, 5.74) is 2.90. The third kappa shape index (κ3) is 3.11. The fraction of sp³-hybridized carbons (Fsp3) is 0.364. The molecule has 4 rings (SSSR count). The molecule has 0 amide bonds. The maximum Gasteiger partial charge on any atom is 0.356 e. The van der Waals surface area contributed by atoms with Gasteiger partial charge in [0.25, 0.3) is 0 Å². The highest BCUT2D eigenvalue weighted by Crippen LogP contribution is 2.55. The molecule has 0 bridgehead atoms. The molecule has 2 aliphatic rings. The molecule has 1 fully saturated rings. The van der Waals surface area contributed by atoms with Crippen molar-refractivity contribution in [3.05, 3.63) is 59.7 Å². The van der Waals surface area contributed by atoms with Crippen LogP contribution in [0.15, 0.2) is 48.5 Å². The van der Waals surface area contributed by atoms with Crippen LogP contribution in [0, 0.1) is 0 Å². The van der Waals surface area contributed by atoms with Gasteiger partial charge in [0.2, 0.25) is 0 Å². The van der Waals surface area contributed by atoms with Crippen molar-refractivity contribution in [2.75, 3.05) is 37.0 Å². The van der Waals surface area contributed by atoms with E-state index in [0.717, 1.165) is 29.0 Å². The number of hydrogen-bond acceptors (Lipinski definition) is 4. The first-order valence-corrected chi connectivity index (χ1v) is 11.3. The lowest BCUT2D eigenvalue weighted by molar-refractivity contribution is 0.000348. The SMILES string of the molecule is CN(C)c1ccc(/C=C/C23OCCN2c2ccc(P(=O)(O)O)cc2C3(C)C)cc1. The molecule has 6 nitrogen and oxygen atoms in total. The van der Waals surface area contributed by atoms with Crippen molar-refractivity contribution < 1.29 is 19.1 Å². The Bertz CT molecular complexity index is 1010. The maximum atomic E-state index is 11.8. The summed E-state index contributed by atoms with van der Waals surface area (Å²) in [5.74, 6) is 0. The second-order valence-corrected chi connectivity index (χ2v) is 9.99. The van der Waals surface area contributed by atoms with Crippen LogP contribution in [0.2, 0.25) is 0 Å². The van der Waals surface area contributed by atoms with Gasteiger partial charge in [0.1, 0.15) is 0 Å². The molecule has 7 heteroatoms. The Morgan fingerprint density at radius 2 is 1.83 bits per heavy atom. The van der Waals surface area contributed by atoms with Gasteiger partial charge in [0, 0.05) is 37.4 Å². The number of hydrogen-bond donors (Lipinski definition) is 2. The Morgan fingerprint density at radius 3 is 2.45 bits per heavy atom. The number of nitrogens with zero attached hydrogens (tertiary/aromatic N) is 2. The van der Waals surface area contributed by atoms with E-state index in [4.69, 9.17) is 4.74 Å². The van der Waals surface area contributed by atoms with Crippen LogP contribution in [0.25, 0.3) is 6.08 Å². The van der Waals surface area contributed by atoms with Gasteiger partial charge in [-0.05, 0) is 47.5 Å². The summed E-state index contributed by atoms with van der Waals surface area (Å²) in [7, 11) is -0.292. The zero-order valence-electron chi connectivity index (χ0n) is 17.2. The number of fused-ring (bicyclic) bond motifs is 3. The van der Waals surface area contributed by atoms with E-state index in [9.17, 15) is 14.4 Å². The molecule has 29 heavy (non-hydrogen) atoms. The molecule has 2 aliphatic heterocycles. The van der Waals surface area contributed by atoms with Gasteiger partial charge in [-0.15, -0.1) is 0 Å². The van der Waals surface area contributed by atoms with Crippen LogP contribution >= 0.6 is 7.60 Å². The van der Waals surface area contributed by atoms with Crippen LogP contribution in [-0.4, -0.2) is 42.8 Å². The molecule has 0 aromatic heterocycles. The van der Waals surface area contributed by atoms with E-state index >= 15 is 0 Å². The predicted octanol–water partition coefficient (Wildman–Crippen LogP) is 3.09. The standard InChI is InChI=1S/C22H27N2O4P/c1-21(2)19-15-18(29(25,26)27)9-10-20(19)24-13-14-28-22(21,24)12-11-16-5-7-17(8-6-16)23(3)4/h5-12,15H,13-14H2,1-4H3,(H2,25,26,27)/b12-11+. The number of benzene rings is 2. The van der Waals surface area contributed by atoms with Crippen molar-refractivity contribution in [3.63, 3.8) is 0 Å².